The van der Waals surface area contributed by atoms with Gasteiger partial charge in [0.05, 0.1) is 22.8 Å². The number of carbonyl (C=O) groups excluding carboxylic acids is 4. The molecule has 0 saturated carbocycles. The normalized spacial score (nSPS) is 18.6. The summed E-state index contributed by atoms with van der Waals surface area (Å²) in [4.78, 5) is 64.8. The summed E-state index contributed by atoms with van der Waals surface area (Å²) in [7, 11) is 0. The van der Waals surface area contributed by atoms with Gasteiger partial charge in [0.1, 0.15) is 22.8 Å². The molecular formula is C40H24N6O4. The molecule has 5 aromatic carbocycles. The fraction of sp³-hybridized carbons (Fsp3) is 0. The van der Waals surface area contributed by atoms with Crippen LogP contribution in [0.3, 0.4) is 0 Å². The molecule has 0 atom stereocenters. The zero-order chi connectivity index (χ0) is 33.9. The van der Waals surface area contributed by atoms with E-state index in [0.717, 1.165) is 11.4 Å². The first-order valence-corrected chi connectivity index (χ1v) is 15.8. The molecule has 0 bridgehead atoms. The molecule has 0 spiro atoms. The largest absolute Gasteiger partial charge is 0.340 e. The number of amidine groups is 2. The Labute approximate surface area is 285 Å². The average molecular weight is 653 g/mol. The van der Waals surface area contributed by atoms with Crippen molar-refractivity contribution in [3.8, 4) is 0 Å². The Hall–Kier alpha value is -7.20. The highest BCUT2D eigenvalue weighted by Crippen LogP contribution is 2.43. The fourth-order valence-electron chi connectivity index (χ4n) is 6.59. The number of nitrogens with zero attached hydrogens (tertiary/aromatic N) is 2. The molecule has 10 nitrogen and oxygen atoms in total. The highest BCUT2D eigenvalue weighted by molar-refractivity contribution is 6.40. The lowest BCUT2D eigenvalue weighted by molar-refractivity contribution is -0.113. The van der Waals surface area contributed by atoms with E-state index in [1.165, 1.54) is 0 Å². The summed E-state index contributed by atoms with van der Waals surface area (Å²) >= 11 is 0. The van der Waals surface area contributed by atoms with Gasteiger partial charge in [0.25, 0.3) is 11.8 Å². The van der Waals surface area contributed by atoms with Crippen molar-refractivity contribution in [2.45, 2.75) is 0 Å². The number of benzene rings is 5. The van der Waals surface area contributed by atoms with Crippen LogP contribution in [0, 0.1) is 0 Å². The first kappa shape index (κ1) is 29.0. The van der Waals surface area contributed by atoms with E-state index in [1.807, 2.05) is 60.7 Å². The topological polar surface area (TPSA) is 141 Å². The molecule has 0 fully saturated rings. The van der Waals surface area contributed by atoms with E-state index in [9.17, 15) is 19.2 Å². The van der Waals surface area contributed by atoms with Crippen molar-refractivity contribution in [3.05, 3.63) is 166 Å². The third-order valence-corrected chi connectivity index (χ3v) is 8.92. The maximum atomic E-state index is 13.9. The molecule has 50 heavy (non-hydrogen) atoms. The highest BCUT2D eigenvalue weighted by Gasteiger charge is 2.39. The second-order valence-corrected chi connectivity index (χ2v) is 12.0. The highest BCUT2D eigenvalue weighted by atomic mass is 16.2. The van der Waals surface area contributed by atoms with Crippen LogP contribution in [-0.2, 0) is 9.59 Å². The van der Waals surface area contributed by atoms with Crippen LogP contribution in [0.4, 0.5) is 22.7 Å². The number of para-hydroxylation sites is 4. The Kier molecular flexibility index (Phi) is 6.49. The van der Waals surface area contributed by atoms with Gasteiger partial charge >= 0.3 is 0 Å². The van der Waals surface area contributed by atoms with Gasteiger partial charge in [-0.15, -0.1) is 0 Å². The number of hydrogen-bond acceptors (Lipinski definition) is 8. The van der Waals surface area contributed by atoms with Crippen molar-refractivity contribution in [3.63, 3.8) is 0 Å². The van der Waals surface area contributed by atoms with E-state index < -0.39 is 23.4 Å². The smallest absolute Gasteiger partial charge is 0.261 e. The van der Waals surface area contributed by atoms with Gasteiger partial charge in [-0.1, -0.05) is 60.7 Å². The Morgan fingerprint density at radius 2 is 0.800 bits per heavy atom. The Bertz CT molecular complexity index is 2320. The van der Waals surface area contributed by atoms with Crippen molar-refractivity contribution in [2.24, 2.45) is 9.98 Å². The molecule has 0 radical (unpaired) electrons. The number of nitrogens with one attached hydrogen (secondary N) is 4. The first-order chi connectivity index (χ1) is 24.4. The van der Waals surface area contributed by atoms with Gasteiger partial charge in [0.15, 0.2) is 0 Å². The maximum absolute atomic E-state index is 13.9. The average Bonchev–Trinajstić information content (AvgIpc) is 3.65. The molecule has 4 N–H and O–H groups in total. The SMILES string of the molecule is O=C1Nc2ccccc2C(=O)C1=C1N=C(Nc2ccccc2)c2cc3c(cc21)C(Nc1ccccc1)=NC3=C1C(=O)Nc2ccccc2C1=O. The van der Waals surface area contributed by atoms with Gasteiger partial charge < -0.3 is 21.3 Å². The van der Waals surface area contributed by atoms with Crippen LogP contribution in [0.5, 0.6) is 0 Å². The van der Waals surface area contributed by atoms with Crippen LogP contribution >= 0.6 is 0 Å². The summed E-state index contributed by atoms with van der Waals surface area (Å²) in [6, 6.07) is 36.1. The summed E-state index contributed by atoms with van der Waals surface area (Å²) in [5, 5.41) is 12.4. The summed E-state index contributed by atoms with van der Waals surface area (Å²) in [5.41, 5.74) is 5.38. The van der Waals surface area contributed by atoms with Crippen LogP contribution in [0.25, 0.3) is 11.4 Å². The molecule has 2 amide bonds. The molecule has 4 heterocycles. The number of carbonyl (C=O) groups is 4. The predicted molar refractivity (Wildman–Crippen MR) is 192 cm³/mol. The van der Waals surface area contributed by atoms with Gasteiger partial charge in [-0.05, 0) is 60.7 Å². The monoisotopic (exact) mass is 652 g/mol. The molecule has 4 aliphatic rings. The van der Waals surface area contributed by atoms with Gasteiger partial charge in [-0.2, -0.15) is 0 Å². The number of ketones is 2. The molecule has 0 saturated heterocycles. The number of rotatable bonds is 2. The van der Waals surface area contributed by atoms with E-state index in [1.54, 1.807) is 60.7 Å². The number of Topliss-reactive ketones (excluding diaryl/α,β-unsaturated/α-hetero) is 2. The van der Waals surface area contributed by atoms with Crippen molar-refractivity contribution in [1.82, 2.24) is 0 Å². The van der Waals surface area contributed by atoms with E-state index in [4.69, 9.17) is 9.98 Å². The van der Waals surface area contributed by atoms with Gasteiger partial charge in [-0.3, -0.25) is 19.2 Å². The van der Waals surface area contributed by atoms with Gasteiger partial charge in [0, 0.05) is 44.8 Å². The first-order valence-electron chi connectivity index (χ1n) is 15.8. The minimum absolute atomic E-state index is 0.0979. The second-order valence-electron chi connectivity index (χ2n) is 12.0. The molecule has 5 aromatic rings. The number of anilines is 4. The molecule has 238 valence electrons. The Balaban J connectivity index is 1.28. The standard InChI is InChI=1S/C40H24N6O4/c47-35-23-15-7-9-17-29(23)43-39(49)31(35)33-25-20-28-26(19-27(25)37(45-33)41-21-11-3-1-4-12-21)34(46-38(28)42-22-13-5-2-6-14-22)32-36(48)24-16-8-10-18-30(24)44-40(32)50/h1-20H,(H,41,45)(H,42,46)(H,43,49)(H,44,50). The zero-order valence-corrected chi connectivity index (χ0v) is 26.1. The fourth-order valence-corrected chi connectivity index (χ4v) is 6.59. The van der Waals surface area contributed by atoms with Crippen molar-refractivity contribution in [1.29, 1.82) is 0 Å². The number of aliphatic imine (C=N–C) groups is 2. The van der Waals surface area contributed by atoms with Gasteiger partial charge in [-0.25, -0.2) is 9.98 Å². The van der Waals surface area contributed by atoms with E-state index >= 15 is 0 Å². The predicted octanol–water partition coefficient (Wildman–Crippen LogP) is 6.52. The van der Waals surface area contributed by atoms with Crippen LogP contribution in [0.15, 0.2) is 142 Å². The van der Waals surface area contributed by atoms with E-state index in [-0.39, 0.29) is 22.5 Å². The third-order valence-electron chi connectivity index (χ3n) is 8.92. The number of hydrogen-bond donors (Lipinski definition) is 4. The lowest BCUT2D eigenvalue weighted by Gasteiger charge is -2.19. The molecule has 0 unspecified atom stereocenters. The molecule has 0 aliphatic carbocycles. The molecule has 10 heteroatoms. The van der Waals surface area contributed by atoms with Crippen LogP contribution < -0.4 is 21.3 Å². The summed E-state index contributed by atoms with van der Waals surface area (Å²) in [6.45, 7) is 0. The molecule has 9 rings (SSSR count). The van der Waals surface area contributed by atoms with E-state index in [2.05, 4.69) is 21.3 Å². The number of amides is 2. The van der Waals surface area contributed by atoms with Crippen LogP contribution in [0.2, 0.25) is 0 Å². The quantitative estimate of drug-likeness (QED) is 0.126. The summed E-state index contributed by atoms with van der Waals surface area (Å²) < 4.78 is 0. The van der Waals surface area contributed by atoms with Gasteiger partial charge in [0.2, 0.25) is 11.6 Å². The lowest BCUT2D eigenvalue weighted by Crippen LogP contribution is -2.28. The third kappa shape index (κ3) is 4.58. The van der Waals surface area contributed by atoms with Crippen molar-refractivity contribution < 1.29 is 19.2 Å². The Morgan fingerprint density at radius 1 is 0.420 bits per heavy atom. The molecule has 4 aliphatic heterocycles. The second kappa shape index (κ2) is 11.2. The lowest BCUT2D eigenvalue weighted by atomic mass is 9.89. The molecular weight excluding hydrogens is 628 g/mol. The minimum atomic E-state index is -0.567. The van der Waals surface area contributed by atoms with Crippen molar-refractivity contribution >= 4 is 69.2 Å². The maximum Gasteiger partial charge on any atom is 0.261 e. The molecule has 0 aromatic heterocycles. The number of fused-ring (bicyclic) bond motifs is 4. The van der Waals surface area contributed by atoms with Crippen LogP contribution in [0.1, 0.15) is 43.0 Å². The summed E-state index contributed by atoms with van der Waals surface area (Å²) in [5.74, 6) is -1.26. The van der Waals surface area contributed by atoms with Crippen LogP contribution in [-0.4, -0.2) is 35.1 Å². The Morgan fingerprint density at radius 3 is 1.22 bits per heavy atom. The minimum Gasteiger partial charge on any atom is -0.340 e. The van der Waals surface area contributed by atoms with Crippen molar-refractivity contribution in [2.75, 3.05) is 21.3 Å². The van der Waals surface area contributed by atoms with E-state index in [0.29, 0.717) is 56.4 Å². The zero-order valence-electron chi connectivity index (χ0n) is 26.1. The summed E-state index contributed by atoms with van der Waals surface area (Å²) in [6.07, 6.45) is 0.